The van der Waals surface area contributed by atoms with E-state index >= 15 is 0 Å². The molecule has 3 rings (SSSR count). The third kappa shape index (κ3) is 3.94. The molecule has 26 heavy (non-hydrogen) atoms. The topological polar surface area (TPSA) is 46.6 Å². The monoisotopic (exact) mass is 373 g/mol. The fourth-order valence-electron chi connectivity index (χ4n) is 3.70. The zero-order chi connectivity index (χ0) is 18.7. The van der Waals surface area contributed by atoms with Crippen molar-refractivity contribution in [3.8, 4) is 5.75 Å². The van der Waals surface area contributed by atoms with Gasteiger partial charge in [0.2, 0.25) is 10.0 Å². The van der Waals surface area contributed by atoms with Crippen molar-refractivity contribution in [1.29, 1.82) is 0 Å². The Hall–Kier alpha value is -1.85. The van der Waals surface area contributed by atoms with E-state index in [4.69, 9.17) is 4.74 Å². The first-order valence-electron chi connectivity index (χ1n) is 9.11. The van der Waals surface area contributed by atoms with Gasteiger partial charge in [0.05, 0.1) is 12.0 Å². The Kier molecular flexibility index (Phi) is 5.68. The number of benzene rings is 2. The molecule has 1 saturated heterocycles. The Bertz CT molecular complexity index is 854. The SMILES string of the molecule is COc1cc(C)c(S(=O)(=O)N2CCC(Cc3ccccc3)CC2)cc1C. The lowest BCUT2D eigenvalue weighted by Gasteiger charge is -2.31. The van der Waals surface area contributed by atoms with E-state index in [2.05, 4.69) is 24.3 Å². The van der Waals surface area contributed by atoms with Crippen LogP contribution in [0.25, 0.3) is 0 Å². The van der Waals surface area contributed by atoms with E-state index in [0.29, 0.717) is 23.9 Å². The number of sulfonamides is 1. The number of hydrogen-bond acceptors (Lipinski definition) is 3. The molecule has 4 nitrogen and oxygen atoms in total. The smallest absolute Gasteiger partial charge is 0.243 e. The zero-order valence-electron chi connectivity index (χ0n) is 15.7. The molecule has 2 aromatic rings. The predicted molar refractivity (Wildman–Crippen MR) is 104 cm³/mol. The van der Waals surface area contributed by atoms with Crippen molar-refractivity contribution in [2.24, 2.45) is 5.92 Å². The van der Waals surface area contributed by atoms with Crippen molar-refractivity contribution in [3.63, 3.8) is 0 Å². The molecule has 1 fully saturated rings. The van der Waals surface area contributed by atoms with Gasteiger partial charge in [-0.1, -0.05) is 30.3 Å². The van der Waals surface area contributed by atoms with E-state index in [-0.39, 0.29) is 0 Å². The van der Waals surface area contributed by atoms with Crippen LogP contribution in [0.1, 0.15) is 29.5 Å². The van der Waals surface area contributed by atoms with Crippen molar-refractivity contribution < 1.29 is 13.2 Å². The highest BCUT2D eigenvalue weighted by Crippen LogP contribution is 2.30. The van der Waals surface area contributed by atoms with Crippen molar-refractivity contribution in [2.45, 2.75) is 38.0 Å². The zero-order valence-corrected chi connectivity index (χ0v) is 16.6. The summed E-state index contributed by atoms with van der Waals surface area (Å²) in [4.78, 5) is 0.400. The first-order chi connectivity index (χ1) is 12.4. The minimum Gasteiger partial charge on any atom is -0.496 e. The standard InChI is InChI=1S/C21H27NO3S/c1-16-14-21(17(2)13-20(16)25-3)26(23,24)22-11-9-19(10-12-22)15-18-7-5-4-6-8-18/h4-8,13-14,19H,9-12,15H2,1-3H3. The summed E-state index contributed by atoms with van der Waals surface area (Å²) in [5, 5.41) is 0. The number of piperidine rings is 1. The van der Waals surface area contributed by atoms with E-state index in [1.165, 1.54) is 5.56 Å². The average molecular weight is 374 g/mol. The van der Waals surface area contributed by atoms with E-state index in [1.807, 2.05) is 26.0 Å². The molecule has 0 saturated carbocycles. The van der Waals surface area contributed by atoms with Gasteiger partial charge < -0.3 is 4.74 Å². The molecule has 1 aliphatic heterocycles. The van der Waals surface area contributed by atoms with Gasteiger partial charge in [-0.3, -0.25) is 0 Å². The van der Waals surface area contributed by atoms with Crippen molar-refractivity contribution in [2.75, 3.05) is 20.2 Å². The molecular weight excluding hydrogens is 346 g/mol. The maximum Gasteiger partial charge on any atom is 0.243 e. The van der Waals surface area contributed by atoms with Gasteiger partial charge in [-0.25, -0.2) is 8.42 Å². The average Bonchev–Trinajstić information content (AvgIpc) is 2.64. The lowest BCUT2D eigenvalue weighted by atomic mass is 9.91. The summed E-state index contributed by atoms with van der Waals surface area (Å²) in [7, 11) is -1.85. The minimum absolute atomic E-state index is 0.400. The first-order valence-corrected chi connectivity index (χ1v) is 10.5. The lowest BCUT2D eigenvalue weighted by Crippen LogP contribution is -2.39. The number of methoxy groups -OCH3 is 1. The molecule has 5 heteroatoms. The number of hydrogen-bond donors (Lipinski definition) is 0. The Balaban J connectivity index is 1.71. The molecule has 2 aromatic carbocycles. The van der Waals surface area contributed by atoms with Crippen LogP contribution in [0.15, 0.2) is 47.4 Å². The number of nitrogens with zero attached hydrogens (tertiary/aromatic N) is 1. The van der Waals surface area contributed by atoms with E-state index in [0.717, 1.165) is 36.1 Å². The largest absolute Gasteiger partial charge is 0.496 e. The van der Waals surface area contributed by atoms with Crippen LogP contribution in [0.5, 0.6) is 5.75 Å². The highest BCUT2D eigenvalue weighted by atomic mass is 32.2. The molecule has 0 spiro atoms. The van der Waals surface area contributed by atoms with Crippen LogP contribution in [0.3, 0.4) is 0 Å². The van der Waals surface area contributed by atoms with Crippen LogP contribution < -0.4 is 4.74 Å². The molecule has 0 unspecified atom stereocenters. The Morgan fingerprint density at radius 1 is 1.04 bits per heavy atom. The normalized spacial score (nSPS) is 16.6. The highest BCUT2D eigenvalue weighted by Gasteiger charge is 2.30. The van der Waals surface area contributed by atoms with Crippen molar-refractivity contribution >= 4 is 10.0 Å². The Morgan fingerprint density at radius 2 is 1.69 bits per heavy atom. The number of ether oxygens (including phenoxy) is 1. The summed E-state index contributed by atoms with van der Waals surface area (Å²) < 4.78 is 33.2. The Labute approximate surface area is 156 Å². The fraction of sp³-hybridized carbons (Fsp3) is 0.429. The van der Waals surface area contributed by atoms with Crippen LogP contribution >= 0.6 is 0 Å². The van der Waals surface area contributed by atoms with E-state index in [9.17, 15) is 8.42 Å². The second-order valence-electron chi connectivity index (χ2n) is 7.12. The number of aryl methyl sites for hydroxylation is 2. The molecular formula is C21H27NO3S. The van der Waals surface area contributed by atoms with Gasteiger partial charge in [-0.15, -0.1) is 0 Å². The highest BCUT2D eigenvalue weighted by molar-refractivity contribution is 7.89. The molecule has 0 aliphatic carbocycles. The minimum atomic E-state index is -3.46. The molecule has 140 valence electrons. The molecule has 0 amide bonds. The van der Waals surface area contributed by atoms with Gasteiger partial charge >= 0.3 is 0 Å². The van der Waals surface area contributed by atoms with E-state index in [1.54, 1.807) is 17.5 Å². The van der Waals surface area contributed by atoms with Crippen molar-refractivity contribution in [1.82, 2.24) is 4.31 Å². The second kappa shape index (κ2) is 7.80. The van der Waals surface area contributed by atoms with Gasteiger partial charge in [0, 0.05) is 13.1 Å². The van der Waals surface area contributed by atoms with Gasteiger partial charge in [-0.05, 0) is 67.9 Å². The summed E-state index contributed by atoms with van der Waals surface area (Å²) in [6.07, 6.45) is 2.83. The first kappa shape index (κ1) is 18.9. The van der Waals surface area contributed by atoms with Crippen molar-refractivity contribution in [3.05, 3.63) is 59.2 Å². The van der Waals surface area contributed by atoms with Crippen LogP contribution in [0, 0.1) is 19.8 Å². The lowest BCUT2D eigenvalue weighted by molar-refractivity contribution is 0.272. The van der Waals surface area contributed by atoms with Gasteiger partial charge in [0.25, 0.3) is 0 Å². The summed E-state index contributed by atoms with van der Waals surface area (Å²) in [6.45, 7) is 4.88. The summed E-state index contributed by atoms with van der Waals surface area (Å²) in [5.74, 6) is 1.27. The molecule has 0 radical (unpaired) electrons. The fourth-order valence-corrected chi connectivity index (χ4v) is 5.46. The number of rotatable bonds is 5. The third-order valence-electron chi connectivity index (χ3n) is 5.25. The van der Waals surface area contributed by atoms with E-state index < -0.39 is 10.0 Å². The van der Waals surface area contributed by atoms with Gasteiger partial charge in [0.1, 0.15) is 5.75 Å². The predicted octanol–water partition coefficient (Wildman–Crippen LogP) is 3.96. The maximum absolute atomic E-state index is 13.1. The molecule has 1 heterocycles. The van der Waals surface area contributed by atoms with Crippen LogP contribution in [0.2, 0.25) is 0 Å². The summed E-state index contributed by atoms with van der Waals surface area (Å²) >= 11 is 0. The van der Waals surface area contributed by atoms with Crippen LogP contribution in [0.4, 0.5) is 0 Å². The van der Waals surface area contributed by atoms with Gasteiger partial charge in [0.15, 0.2) is 0 Å². The maximum atomic E-state index is 13.1. The molecule has 0 N–H and O–H groups in total. The second-order valence-corrected chi connectivity index (χ2v) is 9.03. The molecule has 0 atom stereocenters. The van der Waals surface area contributed by atoms with Crippen LogP contribution in [-0.4, -0.2) is 32.9 Å². The third-order valence-corrected chi connectivity index (χ3v) is 7.29. The quantitative estimate of drug-likeness (QED) is 0.797. The summed E-state index contributed by atoms with van der Waals surface area (Å²) in [5.41, 5.74) is 2.91. The van der Waals surface area contributed by atoms with Crippen LogP contribution in [-0.2, 0) is 16.4 Å². The molecule has 1 aliphatic rings. The Morgan fingerprint density at radius 3 is 2.31 bits per heavy atom. The molecule has 0 bridgehead atoms. The molecule has 0 aromatic heterocycles. The summed E-state index contributed by atoms with van der Waals surface area (Å²) in [6, 6.07) is 14.0. The van der Waals surface area contributed by atoms with Gasteiger partial charge in [-0.2, -0.15) is 4.31 Å².